The molecule has 4 aliphatic carbocycles. The van der Waals surface area contributed by atoms with Crippen LogP contribution in [0.4, 0.5) is 0 Å². The molecule has 0 aromatic heterocycles. The van der Waals surface area contributed by atoms with Crippen LogP contribution in [0, 0.1) is 11.8 Å². The molecule has 0 saturated heterocycles. The zero-order chi connectivity index (χ0) is 14.3. The average molecular weight is 284 g/mol. The highest BCUT2D eigenvalue weighted by molar-refractivity contribution is 5.87. The van der Waals surface area contributed by atoms with Gasteiger partial charge in [-0.3, -0.25) is 0 Å². The second kappa shape index (κ2) is 3.74. The summed E-state index contributed by atoms with van der Waals surface area (Å²) >= 11 is 0. The summed E-state index contributed by atoms with van der Waals surface area (Å²) < 4.78 is 0. The van der Waals surface area contributed by atoms with Crippen molar-refractivity contribution < 1.29 is 0 Å². The van der Waals surface area contributed by atoms with Crippen LogP contribution in [-0.4, -0.2) is 0 Å². The second-order valence-corrected chi connectivity index (χ2v) is 7.66. The molecule has 0 aliphatic heterocycles. The van der Waals surface area contributed by atoms with E-state index in [9.17, 15) is 0 Å². The number of allylic oxidation sites excluding steroid dienone is 2. The molecule has 108 valence electrons. The number of hydrogen-bond acceptors (Lipinski definition) is 0. The highest BCUT2D eigenvalue weighted by Crippen LogP contribution is 2.70. The van der Waals surface area contributed by atoms with Crippen LogP contribution in [0.25, 0.3) is 11.1 Å². The Morgan fingerprint density at radius 1 is 0.727 bits per heavy atom. The van der Waals surface area contributed by atoms with Crippen LogP contribution in [0.3, 0.4) is 0 Å². The summed E-state index contributed by atoms with van der Waals surface area (Å²) in [5.41, 5.74) is 10.1. The van der Waals surface area contributed by atoms with Gasteiger partial charge in [-0.2, -0.15) is 0 Å². The van der Waals surface area contributed by atoms with Gasteiger partial charge in [0.2, 0.25) is 0 Å². The van der Waals surface area contributed by atoms with E-state index in [1.54, 1.807) is 11.1 Å². The first-order valence-corrected chi connectivity index (χ1v) is 8.82. The van der Waals surface area contributed by atoms with Crippen molar-refractivity contribution in [1.29, 1.82) is 0 Å². The molecule has 0 amide bonds. The third-order valence-corrected chi connectivity index (χ3v) is 6.28. The molecule has 6 rings (SSSR count). The van der Waals surface area contributed by atoms with Gasteiger partial charge in [0.1, 0.15) is 0 Å². The maximum atomic E-state index is 2.39. The zero-order valence-electron chi connectivity index (χ0n) is 12.8. The first-order chi connectivity index (χ1) is 10.9. The Bertz CT molecular complexity index is 771. The van der Waals surface area contributed by atoms with Gasteiger partial charge in [0.05, 0.1) is 0 Å². The number of rotatable bonds is 2. The number of benzene rings is 2. The Labute approximate surface area is 131 Å². The summed E-state index contributed by atoms with van der Waals surface area (Å²) in [7, 11) is 0. The minimum atomic E-state index is 0.272. The van der Waals surface area contributed by atoms with E-state index >= 15 is 0 Å². The second-order valence-electron chi connectivity index (χ2n) is 7.66. The molecule has 2 aromatic carbocycles. The van der Waals surface area contributed by atoms with E-state index < -0.39 is 0 Å². The summed E-state index contributed by atoms with van der Waals surface area (Å²) in [6, 6.07) is 18.3. The average Bonchev–Trinajstić information content (AvgIpc) is 3.43. The first-order valence-electron chi connectivity index (χ1n) is 8.82. The van der Waals surface area contributed by atoms with Gasteiger partial charge in [0.15, 0.2) is 0 Å². The lowest BCUT2D eigenvalue weighted by Gasteiger charge is -2.13. The van der Waals surface area contributed by atoms with Crippen molar-refractivity contribution in [1.82, 2.24) is 0 Å². The van der Waals surface area contributed by atoms with Gasteiger partial charge in [-0.05, 0) is 66.2 Å². The van der Waals surface area contributed by atoms with Gasteiger partial charge in [0, 0.05) is 5.41 Å². The molecule has 0 radical (unpaired) electrons. The van der Waals surface area contributed by atoms with E-state index in [4.69, 9.17) is 0 Å². The lowest BCUT2D eigenvalue weighted by atomic mass is 9.90. The van der Waals surface area contributed by atoms with Gasteiger partial charge in [0.25, 0.3) is 0 Å². The third-order valence-electron chi connectivity index (χ3n) is 6.28. The van der Waals surface area contributed by atoms with Crippen LogP contribution >= 0.6 is 0 Å². The molecule has 4 aliphatic rings. The molecule has 0 bridgehead atoms. The van der Waals surface area contributed by atoms with Crippen molar-refractivity contribution in [3.05, 3.63) is 70.8 Å². The van der Waals surface area contributed by atoms with Crippen LogP contribution < -0.4 is 0 Å². The van der Waals surface area contributed by atoms with Crippen molar-refractivity contribution >= 4 is 0 Å². The van der Waals surface area contributed by atoms with E-state index in [0.29, 0.717) is 0 Å². The standard InChI is InChI=1S/C22H20/c1-3-7-18-16(5-1)17-6-2-4-8-19(17)22(18)13-20(22)21(14-9-10-14)15-11-12-15/h1-8,14-15H,9-13H2. The van der Waals surface area contributed by atoms with E-state index in [2.05, 4.69) is 48.5 Å². The van der Waals surface area contributed by atoms with E-state index in [1.165, 1.54) is 43.2 Å². The minimum Gasteiger partial charge on any atom is -0.0635 e. The van der Waals surface area contributed by atoms with E-state index in [0.717, 1.165) is 11.8 Å². The molecule has 0 atom stereocenters. The Morgan fingerprint density at radius 3 is 1.73 bits per heavy atom. The molecule has 3 fully saturated rings. The lowest BCUT2D eigenvalue weighted by Crippen LogP contribution is -2.06. The molecule has 22 heavy (non-hydrogen) atoms. The van der Waals surface area contributed by atoms with Crippen molar-refractivity contribution in [3.8, 4) is 11.1 Å². The van der Waals surface area contributed by atoms with E-state index in [-0.39, 0.29) is 5.41 Å². The molecule has 0 heterocycles. The minimum absolute atomic E-state index is 0.272. The van der Waals surface area contributed by atoms with Gasteiger partial charge in [-0.25, -0.2) is 0 Å². The van der Waals surface area contributed by atoms with Crippen LogP contribution in [0.15, 0.2) is 59.7 Å². The van der Waals surface area contributed by atoms with Crippen molar-refractivity contribution in [3.63, 3.8) is 0 Å². The van der Waals surface area contributed by atoms with Crippen molar-refractivity contribution in [2.24, 2.45) is 11.8 Å². The fraction of sp³-hybridized carbons (Fsp3) is 0.364. The highest BCUT2D eigenvalue weighted by Gasteiger charge is 2.59. The Morgan fingerprint density at radius 2 is 1.23 bits per heavy atom. The molecular weight excluding hydrogens is 264 g/mol. The summed E-state index contributed by atoms with van der Waals surface area (Å²) in [6.45, 7) is 0. The van der Waals surface area contributed by atoms with E-state index in [1.807, 2.05) is 11.1 Å². The molecule has 0 N–H and O–H groups in total. The summed E-state index contributed by atoms with van der Waals surface area (Å²) in [5.74, 6) is 1.89. The Hall–Kier alpha value is -1.82. The summed E-state index contributed by atoms with van der Waals surface area (Å²) in [5, 5.41) is 0. The maximum absolute atomic E-state index is 2.39. The predicted octanol–water partition coefficient (Wildman–Crippen LogP) is 5.47. The van der Waals surface area contributed by atoms with Gasteiger partial charge in [-0.1, -0.05) is 59.7 Å². The smallest absolute Gasteiger partial charge is 0.0464 e. The fourth-order valence-corrected chi connectivity index (χ4v) is 5.03. The SMILES string of the molecule is c1ccc2c(c1)-c1ccccc1C21CC1=C(C1CC1)C1CC1. The largest absolute Gasteiger partial charge is 0.0635 e. The van der Waals surface area contributed by atoms with Gasteiger partial charge in [-0.15, -0.1) is 0 Å². The normalized spacial score (nSPS) is 23.4. The maximum Gasteiger partial charge on any atom is 0.0464 e. The molecule has 2 aromatic rings. The van der Waals surface area contributed by atoms with Gasteiger partial charge >= 0.3 is 0 Å². The Kier molecular flexibility index (Phi) is 1.99. The van der Waals surface area contributed by atoms with Crippen LogP contribution in [0.1, 0.15) is 43.2 Å². The highest BCUT2D eigenvalue weighted by atomic mass is 14.6. The van der Waals surface area contributed by atoms with Crippen molar-refractivity contribution in [2.45, 2.75) is 37.5 Å². The molecular formula is C22H20. The number of fused-ring (bicyclic) bond motifs is 5. The summed E-state index contributed by atoms with van der Waals surface area (Å²) in [4.78, 5) is 0. The fourth-order valence-electron chi connectivity index (χ4n) is 5.03. The quantitative estimate of drug-likeness (QED) is 0.641. The molecule has 0 nitrogen and oxygen atoms in total. The molecule has 0 heteroatoms. The van der Waals surface area contributed by atoms with Gasteiger partial charge < -0.3 is 0 Å². The lowest BCUT2D eigenvalue weighted by molar-refractivity contribution is 0.829. The molecule has 3 saturated carbocycles. The summed E-state index contributed by atoms with van der Waals surface area (Å²) in [6.07, 6.45) is 7.11. The zero-order valence-corrected chi connectivity index (χ0v) is 12.8. The predicted molar refractivity (Wildman–Crippen MR) is 89.7 cm³/mol. The van der Waals surface area contributed by atoms with Crippen LogP contribution in [-0.2, 0) is 5.41 Å². The molecule has 1 spiro atoms. The van der Waals surface area contributed by atoms with Crippen LogP contribution in [0.5, 0.6) is 0 Å². The monoisotopic (exact) mass is 284 g/mol. The Balaban J connectivity index is 1.63. The topological polar surface area (TPSA) is 0 Å². The van der Waals surface area contributed by atoms with Crippen molar-refractivity contribution in [2.75, 3.05) is 0 Å². The van der Waals surface area contributed by atoms with Crippen LogP contribution in [0.2, 0.25) is 0 Å². The third kappa shape index (κ3) is 1.34. The number of hydrogen-bond donors (Lipinski definition) is 0. The first kappa shape index (κ1) is 11.7. The molecule has 0 unspecified atom stereocenters.